The summed E-state index contributed by atoms with van der Waals surface area (Å²) >= 11 is 1.84. The van der Waals surface area contributed by atoms with E-state index >= 15 is 0 Å². The monoisotopic (exact) mass is 721 g/mol. The van der Waals surface area contributed by atoms with E-state index in [9.17, 15) is 0 Å². The third-order valence-corrected chi connectivity index (χ3v) is 12.9. The lowest BCUT2D eigenvalue weighted by atomic mass is 9.81. The second-order valence-corrected chi connectivity index (χ2v) is 16.1. The number of rotatable bonds is 4. The maximum atomic E-state index is 7.29. The largest absolute Gasteiger partial charge is 0.456 e. The smallest absolute Gasteiger partial charge is 0.159 e. The molecule has 258 valence electrons. The zero-order chi connectivity index (χ0) is 36.4. The lowest BCUT2D eigenvalue weighted by molar-refractivity contribution is 0.660. The molecule has 3 heterocycles. The zero-order valence-electron chi connectivity index (χ0n) is 30.1. The van der Waals surface area contributed by atoms with Gasteiger partial charge in [-0.1, -0.05) is 122 Å². The van der Waals surface area contributed by atoms with Crippen LogP contribution in [0.4, 0.5) is 17.1 Å². The Labute approximate surface area is 320 Å². The number of nitrogens with zero attached hydrogens (tertiary/aromatic N) is 1. The van der Waals surface area contributed by atoms with Gasteiger partial charge in [-0.2, -0.15) is 0 Å². The van der Waals surface area contributed by atoms with E-state index in [-0.39, 0.29) is 5.41 Å². The van der Waals surface area contributed by atoms with Crippen LogP contribution in [0.15, 0.2) is 178 Å². The van der Waals surface area contributed by atoms with Crippen molar-refractivity contribution in [1.29, 1.82) is 0 Å². The van der Waals surface area contributed by atoms with Gasteiger partial charge in [0.2, 0.25) is 0 Å². The molecule has 2 aliphatic rings. The van der Waals surface area contributed by atoms with Crippen LogP contribution in [0, 0.1) is 0 Å². The molecular weight excluding hydrogens is 691 g/mol. The predicted octanol–water partition coefficient (Wildman–Crippen LogP) is 14.9. The summed E-state index contributed by atoms with van der Waals surface area (Å²) in [6.45, 7) is 4.63. The van der Waals surface area contributed by atoms with Crippen molar-refractivity contribution in [3.63, 3.8) is 0 Å². The third kappa shape index (κ3) is 4.22. The van der Waals surface area contributed by atoms with Crippen molar-refractivity contribution in [2.24, 2.45) is 0 Å². The zero-order valence-corrected chi connectivity index (χ0v) is 30.9. The summed E-state index contributed by atoms with van der Waals surface area (Å²) < 4.78 is 16.4. The molecule has 3 aromatic heterocycles. The summed E-state index contributed by atoms with van der Waals surface area (Å²) in [7, 11) is 0. The molecule has 0 aliphatic heterocycles. The van der Waals surface area contributed by atoms with Crippen molar-refractivity contribution in [3.05, 3.63) is 180 Å². The first-order valence-electron chi connectivity index (χ1n) is 18.7. The van der Waals surface area contributed by atoms with E-state index in [1.807, 2.05) is 29.5 Å². The molecule has 0 atom stereocenters. The average Bonchev–Trinajstić information content (AvgIpc) is 3.96. The Hall–Kier alpha value is -6.80. The fraction of sp³-hybridized carbons (Fsp3) is 0.0588. The molecule has 7 aromatic carbocycles. The Balaban J connectivity index is 1.19. The van der Waals surface area contributed by atoms with Gasteiger partial charge in [0.1, 0.15) is 16.7 Å². The summed E-state index contributed by atoms with van der Waals surface area (Å²) in [5, 5.41) is 6.73. The van der Waals surface area contributed by atoms with Crippen LogP contribution >= 0.6 is 11.3 Å². The van der Waals surface area contributed by atoms with Crippen LogP contribution in [-0.2, 0) is 5.41 Å². The van der Waals surface area contributed by atoms with E-state index in [1.165, 1.54) is 36.9 Å². The van der Waals surface area contributed by atoms with Crippen molar-refractivity contribution in [3.8, 4) is 11.1 Å². The maximum Gasteiger partial charge on any atom is 0.159 e. The Morgan fingerprint density at radius 2 is 1.38 bits per heavy atom. The molecule has 12 rings (SSSR count). The number of fused-ring (bicyclic) bond motifs is 12. The minimum atomic E-state index is -0.200. The Morgan fingerprint density at radius 1 is 0.618 bits per heavy atom. The lowest BCUT2D eigenvalue weighted by Crippen LogP contribution is -2.17. The molecule has 0 saturated carbocycles. The van der Waals surface area contributed by atoms with Crippen molar-refractivity contribution >= 4 is 98.0 Å². The highest BCUT2D eigenvalue weighted by atomic mass is 32.1. The molecule has 0 saturated heterocycles. The molecule has 0 bridgehead atoms. The summed E-state index contributed by atoms with van der Waals surface area (Å²) in [4.78, 5) is 2.42. The van der Waals surface area contributed by atoms with Crippen molar-refractivity contribution in [1.82, 2.24) is 0 Å². The van der Waals surface area contributed by atoms with Crippen LogP contribution in [0.2, 0.25) is 0 Å². The highest BCUT2D eigenvalue weighted by Crippen LogP contribution is 2.54. The van der Waals surface area contributed by atoms with E-state index in [0.29, 0.717) is 0 Å². The van der Waals surface area contributed by atoms with E-state index in [4.69, 9.17) is 8.83 Å². The summed E-state index contributed by atoms with van der Waals surface area (Å²) in [6.07, 6.45) is 4.17. The highest BCUT2D eigenvalue weighted by molar-refractivity contribution is 7.26. The van der Waals surface area contributed by atoms with Crippen LogP contribution in [0.5, 0.6) is 0 Å². The molecule has 0 radical (unpaired) electrons. The second-order valence-electron chi connectivity index (χ2n) is 15.1. The molecule has 0 spiro atoms. The van der Waals surface area contributed by atoms with Crippen LogP contribution in [-0.4, -0.2) is 0 Å². The normalized spacial score (nSPS) is 14.4. The number of anilines is 3. The summed E-state index contributed by atoms with van der Waals surface area (Å²) in [6, 6.07) is 49.9. The number of benzene rings is 7. The van der Waals surface area contributed by atoms with Gasteiger partial charge >= 0.3 is 0 Å². The second kappa shape index (κ2) is 11.1. The standard InChI is InChI=1S/C51H31NO2S/c1-51(2)39-21-9-6-16-32(39)33-27-26-31(28-40(33)51)52(42-23-13-20-36-34-17-8-11-25-45(34)55-50(36)42)41-22-12-19-35-38-29-44-47(37-18-7-10-24-43(37)53-44)46(49(38)54-48(35)41)30-14-4-3-5-15-30/h3-5,7-15,17-29H,1-2H3. The first-order chi connectivity index (χ1) is 27.0. The topological polar surface area (TPSA) is 29.5 Å². The van der Waals surface area contributed by atoms with E-state index in [2.05, 4.69) is 164 Å². The van der Waals surface area contributed by atoms with E-state index in [1.54, 1.807) is 0 Å². The van der Waals surface area contributed by atoms with Gasteiger partial charge in [-0.05, 0) is 76.9 Å². The maximum absolute atomic E-state index is 7.29. The Morgan fingerprint density at radius 3 is 2.27 bits per heavy atom. The molecule has 3 nitrogen and oxygen atoms in total. The summed E-state index contributed by atoms with van der Waals surface area (Å²) in [5.74, 6) is 0. The highest BCUT2D eigenvalue weighted by Gasteiger charge is 2.39. The van der Waals surface area contributed by atoms with Crippen molar-refractivity contribution in [2.75, 3.05) is 4.90 Å². The van der Waals surface area contributed by atoms with E-state index in [0.717, 1.165) is 77.6 Å². The quantitative estimate of drug-likeness (QED) is 0.170. The van der Waals surface area contributed by atoms with Crippen LogP contribution in [0.1, 0.15) is 25.0 Å². The van der Waals surface area contributed by atoms with Gasteiger partial charge in [0.15, 0.2) is 5.58 Å². The van der Waals surface area contributed by atoms with Gasteiger partial charge < -0.3 is 13.7 Å². The Bertz CT molecular complexity index is 3430. The number of thiophene rings is 1. The number of furan rings is 2. The molecule has 2 aliphatic carbocycles. The molecular formula is C51H31NO2S. The minimum absolute atomic E-state index is 0.200. The SMILES string of the molecule is CC1(C)C2=CC=C=C=C2c2ccc(N(c3cccc4c3oc3c(-c5ccccc5)c5c(cc34)oc3ccccc35)c3cccc4c3sc3ccccc34)cc21. The average molecular weight is 722 g/mol. The van der Waals surface area contributed by atoms with Crippen molar-refractivity contribution in [2.45, 2.75) is 19.3 Å². The Kier molecular flexibility index (Phi) is 6.19. The van der Waals surface area contributed by atoms with Gasteiger partial charge in [0, 0.05) is 59.3 Å². The van der Waals surface area contributed by atoms with Gasteiger partial charge in [-0.25, -0.2) is 0 Å². The fourth-order valence-electron chi connectivity index (χ4n) is 9.17. The molecule has 0 unspecified atom stereocenters. The predicted molar refractivity (Wildman–Crippen MR) is 230 cm³/mol. The number of allylic oxidation sites excluding steroid dienone is 4. The number of para-hydroxylation sites is 2. The van der Waals surface area contributed by atoms with Gasteiger partial charge in [0.05, 0.1) is 16.1 Å². The molecule has 0 N–H and O–H groups in total. The van der Waals surface area contributed by atoms with Crippen molar-refractivity contribution < 1.29 is 8.83 Å². The van der Waals surface area contributed by atoms with Crippen LogP contribution < -0.4 is 4.90 Å². The minimum Gasteiger partial charge on any atom is -0.456 e. The fourth-order valence-corrected chi connectivity index (χ4v) is 10.4. The van der Waals surface area contributed by atoms with Gasteiger partial charge in [0.25, 0.3) is 0 Å². The lowest BCUT2D eigenvalue weighted by Gasteiger charge is -2.28. The number of hydrogen-bond acceptors (Lipinski definition) is 4. The molecule has 55 heavy (non-hydrogen) atoms. The van der Waals surface area contributed by atoms with Crippen LogP contribution in [0.25, 0.3) is 80.7 Å². The summed E-state index contributed by atoms with van der Waals surface area (Å²) in [5.41, 5.74) is 20.0. The first kappa shape index (κ1) is 30.6. The van der Waals surface area contributed by atoms with Crippen LogP contribution in [0.3, 0.4) is 0 Å². The first-order valence-corrected chi connectivity index (χ1v) is 19.5. The van der Waals surface area contributed by atoms with Gasteiger partial charge in [-0.15, -0.1) is 11.3 Å². The molecule has 4 heteroatoms. The molecule has 0 fully saturated rings. The molecule has 0 amide bonds. The number of hydrogen-bond donors (Lipinski definition) is 0. The van der Waals surface area contributed by atoms with E-state index < -0.39 is 0 Å². The van der Waals surface area contributed by atoms with Gasteiger partial charge in [-0.3, -0.25) is 0 Å². The third-order valence-electron chi connectivity index (χ3n) is 11.7. The molecule has 10 aromatic rings.